The van der Waals surface area contributed by atoms with Gasteiger partial charge in [0.05, 0.1) is 10.0 Å². The summed E-state index contributed by atoms with van der Waals surface area (Å²) < 4.78 is 6.31. The van der Waals surface area contributed by atoms with Crippen molar-refractivity contribution in [2.75, 3.05) is 14.1 Å². The second kappa shape index (κ2) is 10.1. The van der Waals surface area contributed by atoms with Crippen LogP contribution in [0, 0.1) is 6.92 Å². The standard InChI is InChI=1S/C26H25ClN4OS/c1-5-7-23(31(3)4)20-12-17(2)30-26-19(20)8-6-9-24(26)32-16-21-18(14-28-15-22(21)27)13-25-29-10-11-33-25/h5-12,14-15H,1,13,16H2,2-4H3/b23-7-. The Balaban J connectivity index is 1.72. The molecule has 7 heteroatoms. The van der Waals surface area contributed by atoms with E-state index in [0.717, 1.165) is 44.0 Å². The molecule has 0 amide bonds. The van der Waals surface area contributed by atoms with E-state index in [2.05, 4.69) is 33.6 Å². The molecular weight excluding hydrogens is 452 g/mol. The fraction of sp³-hybridized carbons (Fsp3) is 0.192. The number of hydrogen-bond acceptors (Lipinski definition) is 6. The van der Waals surface area contributed by atoms with Crippen LogP contribution in [0.3, 0.4) is 0 Å². The van der Waals surface area contributed by atoms with Crippen LogP contribution < -0.4 is 4.74 Å². The summed E-state index contributed by atoms with van der Waals surface area (Å²) in [6.07, 6.45) is 9.76. The van der Waals surface area contributed by atoms with Crippen LogP contribution in [-0.4, -0.2) is 33.9 Å². The lowest BCUT2D eigenvalue weighted by Gasteiger charge is -2.20. The Labute approximate surface area is 203 Å². The maximum Gasteiger partial charge on any atom is 0.146 e. The number of allylic oxidation sites excluding steroid dienone is 2. The van der Waals surface area contributed by atoms with Crippen LogP contribution in [0.4, 0.5) is 0 Å². The van der Waals surface area contributed by atoms with Gasteiger partial charge in [-0.15, -0.1) is 11.3 Å². The molecule has 0 N–H and O–H groups in total. The highest BCUT2D eigenvalue weighted by molar-refractivity contribution is 7.09. The molecule has 3 heterocycles. The SMILES string of the molecule is C=C/C=C(/c1cc(C)nc2c(OCc3c(Cl)cncc3Cc3nccs3)cccc12)N(C)C. The van der Waals surface area contributed by atoms with Crippen LogP contribution in [-0.2, 0) is 13.0 Å². The predicted molar refractivity (Wildman–Crippen MR) is 137 cm³/mol. The maximum absolute atomic E-state index is 6.52. The van der Waals surface area contributed by atoms with Gasteiger partial charge >= 0.3 is 0 Å². The summed E-state index contributed by atoms with van der Waals surface area (Å²) in [5.74, 6) is 0.710. The minimum atomic E-state index is 0.315. The largest absolute Gasteiger partial charge is 0.487 e. The van der Waals surface area contributed by atoms with Crippen LogP contribution in [0.2, 0.25) is 5.02 Å². The van der Waals surface area contributed by atoms with Crippen LogP contribution >= 0.6 is 22.9 Å². The van der Waals surface area contributed by atoms with Crippen molar-refractivity contribution in [1.82, 2.24) is 19.9 Å². The highest BCUT2D eigenvalue weighted by Crippen LogP contribution is 2.33. The van der Waals surface area contributed by atoms with Gasteiger partial charge in [0.15, 0.2) is 0 Å². The van der Waals surface area contributed by atoms with Gasteiger partial charge in [-0.1, -0.05) is 36.4 Å². The topological polar surface area (TPSA) is 51.1 Å². The molecule has 4 rings (SSSR count). The molecular formula is C26H25ClN4OS. The molecule has 0 atom stereocenters. The van der Waals surface area contributed by atoms with Gasteiger partial charge in [0, 0.05) is 72.4 Å². The number of rotatable bonds is 8. The van der Waals surface area contributed by atoms with Gasteiger partial charge in [-0.2, -0.15) is 0 Å². The van der Waals surface area contributed by atoms with Gasteiger partial charge in [-0.05, 0) is 30.7 Å². The summed E-state index contributed by atoms with van der Waals surface area (Å²) in [6, 6.07) is 8.09. The number of aryl methyl sites for hydroxylation is 1. The fourth-order valence-corrected chi connectivity index (χ4v) is 4.61. The molecule has 0 aliphatic carbocycles. The minimum absolute atomic E-state index is 0.315. The average Bonchev–Trinajstić information content (AvgIpc) is 3.29. The van der Waals surface area contributed by atoms with Gasteiger partial charge in [0.1, 0.15) is 17.9 Å². The van der Waals surface area contributed by atoms with Crippen LogP contribution in [0.5, 0.6) is 5.75 Å². The van der Waals surface area contributed by atoms with Crippen molar-refractivity contribution in [1.29, 1.82) is 0 Å². The molecule has 0 saturated heterocycles. The number of halogens is 1. The first-order valence-electron chi connectivity index (χ1n) is 10.5. The summed E-state index contributed by atoms with van der Waals surface area (Å²) in [7, 11) is 4.04. The smallest absolute Gasteiger partial charge is 0.146 e. The highest BCUT2D eigenvalue weighted by atomic mass is 35.5. The van der Waals surface area contributed by atoms with Crippen molar-refractivity contribution in [3.63, 3.8) is 0 Å². The van der Waals surface area contributed by atoms with E-state index in [1.54, 1.807) is 29.8 Å². The van der Waals surface area contributed by atoms with Gasteiger partial charge in [-0.3, -0.25) is 4.98 Å². The van der Waals surface area contributed by atoms with Gasteiger partial charge in [0.25, 0.3) is 0 Å². The molecule has 3 aromatic heterocycles. The third kappa shape index (κ3) is 5.07. The number of ether oxygens (including phenoxy) is 1. The van der Waals surface area contributed by atoms with E-state index < -0.39 is 0 Å². The zero-order valence-electron chi connectivity index (χ0n) is 18.9. The van der Waals surface area contributed by atoms with Crippen molar-refractivity contribution in [2.45, 2.75) is 20.0 Å². The summed E-state index contributed by atoms with van der Waals surface area (Å²) in [4.78, 5) is 15.5. The number of aromatic nitrogens is 3. The molecule has 168 valence electrons. The first-order valence-corrected chi connectivity index (χ1v) is 11.8. The molecule has 0 aliphatic heterocycles. The van der Waals surface area contributed by atoms with Crippen molar-refractivity contribution >= 4 is 39.5 Å². The number of thiazole rings is 1. The normalized spacial score (nSPS) is 11.6. The molecule has 0 radical (unpaired) electrons. The first-order chi connectivity index (χ1) is 16.0. The number of fused-ring (bicyclic) bond motifs is 1. The van der Waals surface area contributed by atoms with Gasteiger partial charge in [0.2, 0.25) is 0 Å². The van der Waals surface area contributed by atoms with Crippen LogP contribution in [0.15, 0.2) is 67.0 Å². The van der Waals surface area contributed by atoms with Gasteiger partial charge < -0.3 is 9.64 Å². The maximum atomic E-state index is 6.52. The summed E-state index contributed by atoms with van der Waals surface area (Å²) in [5, 5.41) is 4.58. The lowest BCUT2D eigenvalue weighted by molar-refractivity contribution is 0.308. The number of hydrogen-bond donors (Lipinski definition) is 0. The zero-order valence-corrected chi connectivity index (χ0v) is 20.5. The summed E-state index contributed by atoms with van der Waals surface area (Å²) >= 11 is 8.13. The Morgan fingerprint density at radius 2 is 2.12 bits per heavy atom. The number of nitrogens with zero attached hydrogens (tertiary/aromatic N) is 4. The molecule has 0 fully saturated rings. The Kier molecular flexibility index (Phi) is 7.06. The Hall–Kier alpha value is -3.22. The minimum Gasteiger partial charge on any atom is -0.487 e. The van der Waals surface area contributed by atoms with E-state index in [4.69, 9.17) is 21.3 Å². The van der Waals surface area contributed by atoms with Crippen molar-refractivity contribution in [3.05, 3.63) is 99.4 Å². The zero-order chi connectivity index (χ0) is 23.4. The average molecular weight is 477 g/mol. The molecule has 0 spiro atoms. The second-order valence-electron chi connectivity index (χ2n) is 7.80. The van der Waals surface area contributed by atoms with Crippen molar-refractivity contribution in [2.24, 2.45) is 0 Å². The van der Waals surface area contributed by atoms with E-state index in [1.165, 1.54) is 0 Å². The Bertz CT molecular complexity index is 1320. The van der Waals surface area contributed by atoms with Gasteiger partial charge in [-0.25, -0.2) is 9.97 Å². The van der Waals surface area contributed by atoms with Crippen molar-refractivity contribution < 1.29 is 4.74 Å². The number of para-hydroxylation sites is 1. The molecule has 5 nitrogen and oxygen atoms in total. The predicted octanol–water partition coefficient (Wildman–Crippen LogP) is 6.31. The number of benzene rings is 1. The molecule has 0 saturated carbocycles. The lowest BCUT2D eigenvalue weighted by Crippen LogP contribution is -2.11. The first kappa shape index (κ1) is 23.0. The third-order valence-corrected chi connectivity index (χ3v) is 6.36. The molecule has 4 aromatic rings. The van der Waals surface area contributed by atoms with E-state index in [9.17, 15) is 0 Å². The van der Waals surface area contributed by atoms with E-state index >= 15 is 0 Å². The third-order valence-electron chi connectivity index (χ3n) is 5.26. The van der Waals surface area contributed by atoms with Crippen LogP contribution in [0.25, 0.3) is 16.6 Å². The molecule has 33 heavy (non-hydrogen) atoms. The van der Waals surface area contributed by atoms with E-state index in [1.807, 2.05) is 50.8 Å². The summed E-state index contributed by atoms with van der Waals surface area (Å²) in [5.41, 5.74) is 5.78. The van der Waals surface area contributed by atoms with Crippen LogP contribution in [0.1, 0.15) is 27.4 Å². The fourth-order valence-electron chi connectivity index (χ4n) is 3.74. The molecule has 0 bridgehead atoms. The molecule has 0 unspecified atom stereocenters. The lowest BCUT2D eigenvalue weighted by atomic mass is 10.0. The number of pyridine rings is 2. The molecule has 1 aromatic carbocycles. The van der Waals surface area contributed by atoms with E-state index in [-0.39, 0.29) is 0 Å². The Morgan fingerprint density at radius 3 is 2.85 bits per heavy atom. The Morgan fingerprint density at radius 1 is 1.27 bits per heavy atom. The second-order valence-corrected chi connectivity index (χ2v) is 9.18. The summed E-state index contributed by atoms with van der Waals surface area (Å²) in [6.45, 7) is 6.18. The van der Waals surface area contributed by atoms with E-state index in [0.29, 0.717) is 23.8 Å². The highest BCUT2D eigenvalue weighted by Gasteiger charge is 2.15. The molecule has 0 aliphatic rings. The van der Waals surface area contributed by atoms with Crippen molar-refractivity contribution in [3.8, 4) is 5.75 Å². The monoisotopic (exact) mass is 476 g/mol. The quantitative estimate of drug-likeness (QED) is 0.279.